The van der Waals surface area contributed by atoms with E-state index in [2.05, 4.69) is 9.88 Å². The number of aromatic nitrogens is 2. The summed E-state index contributed by atoms with van der Waals surface area (Å²) in [5.74, 6) is 0. The Morgan fingerprint density at radius 2 is 2.18 bits per heavy atom. The fraction of sp³-hybridized carbons (Fsp3) is 0.467. The lowest BCUT2D eigenvalue weighted by Gasteiger charge is -2.09. The van der Waals surface area contributed by atoms with Gasteiger partial charge in [0.2, 0.25) is 0 Å². The van der Waals surface area contributed by atoms with Gasteiger partial charge in [-0.3, -0.25) is 9.69 Å². The molecule has 0 N–H and O–H groups in total. The van der Waals surface area contributed by atoms with Crippen molar-refractivity contribution < 1.29 is 14.3 Å². The van der Waals surface area contributed by atoms with Crippen molar-refractivity contribution in [1.29, 1.82) is 0 Å². The molecule has 2 aromatic rings. The summed E-state index contributed by atoms with van der Waals surface area (Å²) in [5.41, 5.74) is 1.37. The van der Waals surface area contributed by atoms with Crippen LogP contribution in [0.25, 0.3) is 10.9 Å². The Morgan fingerprint density at radius 3 is 2.68 bits per heavy atom. The number of aryl methyl sites for hydroxylation is 1. The quantitative estimate of drug-likeness (QED) is 0.750. The van der Waals surface area contributed by atoms with Crippen molar-refractivity contribution in [2.24, 2.45) is 0 Å². The maximum absolute atomic E-state index is 12.0. The molecular formula is C15H19N3O4. The van der Waals surface area contributed by atoms with Crippen LogP contribution in [0.2, 0.25) is 0 Å². The van der Waals surface area contributed by atoms with Gasteiger partial charge in [0, 0.05) is 13.1 Å². The summed E-state index contributed by atoms with van der Waals surface area (Å²) in [6.07, 6.45) is 0.546. The van der Waals surface area contributed by atoms with E-state index < -0.39 is 0 Å². The number of benzene rings is 1. The van der Waals surface area contributed by atoms with Crippen molar-refractivity contribution in [3.8, 4) is 6.01 Å². The highest BCUT2D eigenvalue weighted by Crippen LogP contribution is 2.22. The second kappa shape index (κ2) is 5.94. The largest absolute Gasteiger partial charge is 0.466 e. The van der Waals surface area contributed by atoms with Crippen LogP contribution in [0.1, 0.15) is 5.56 Å². The van der Waals surface area contributed by atoms with Crippen LogP contribution >= 0.6 is 0 Å². The third-order valence-electron chi connectivity index (χ3n) is 3.68. The summed E-state index contributed by atoms with van der Waals surface area (Å²) in [4.78, 5) is 23.4. The molecule has 2 atom stereocenters. The number of ether oxygens (including phenoxy) is 2. The zero-order valence-electron chi connectivity index (χ0n) is 12.9. The van der Waals surface area contributed by atoms with Gasteiger partial charge in [-0.05, 0) is 24.6 Å². The molecule has 2 aliphatic rings. The number of rotatable bonds is 2. The molecule has 2 saturated heterocycles. The highest BCUT2D eigenvalue weighted by atomic mass is 16.7. The standard InChI is InChI=1S/C11H12N2O3.C4H7NO/c1-7-4-5-8-9(6-7)12-11(15-2)13(16-3)10(8)14;1-2-6-4-3-5(1)4/h4-6H,1-3H3;4H,1-3H2. The van der Waals surface area contributed by atoms with E-state index in [1.807, 2.05) is 19.1 Å². The fourth-order valence-corrected chi connectivity index (χ4v) is 2.40. The molecule has 0 saturated carbocycles. The number of hydrogen-bond donors (Lipinski definition) is 0. The number of morpholine rings is 1. The van der Waals surface area contributed by atoms with Crippen molar-refractivity contribution in [3.63, 3.8) is 0 Å². The Morgan fingerprint density at radius 1 is 1.36 bits per heavy atom. The summed E-state index contributed by atoms with van der Waals surface area (Å²) in [7, 11) is 2.84. The minimum absolute atomic E-state index is 0.144. The number of methoxy groups -OCH3 is 1. The highest BCUT2D eigenvalue weighted by molar-refractivity contribution is 5.78. The van der Waals surface area contributed by atoms with Crippen LogP contribution in [0.3, 0.4) is 0 Å². The topological polar surface area (TPSA) is 65.6 Å². The normalized spacial score (nSPS) is 21.8. The summed E-state index contributed by atoms with van der Waals surface area (Å²) in [6, 6.07) is 5.57. The van der Waals surface area contributed by atoms with Crippen LogP contribution in [0.5, 0.6) is 6.01 Å². The zero-order valence-corrected chi connectivity index (χ0v) is 12.9. The van der Waals surface area contributed by atoms with Gasteiger partial charge in [0.15, 0.2) is 0 Å². The molecule has 0 radical (unpaired) electrons. The average Bonchev–Trinajstić information content (AvgIpc) is 3.13. The van der Waals surface area contributed by atoms with Crippen molar-refractivity contribution in [3.05, 3.63) is 34.1 Å². The van der Waals surface area contributed by atoms with Crippen LogP contribution in [0.4, 0.5) is 0 Å². The van der Waals surface area contributed by atoms with Gasteiger partial charge in [0.25, 0.3) is 5.56 Å². The van der Waals surface area contributed by atoms with Crippen LogP contribution < -0.4 is 15.1 Å². The van der Waals surface area contributed by atoms with Crippen LogP contribution in [0.15, 0.2) is 23.0 Å². The Balaban J connectivity index is 0.000000196. The van der Waals surface area contributed by atoms with Gasteiger partial charge in [0.1, 0.15) is 13.3 Å². The number of nitrogens with zero attached hydrogens (tertiary/aromatic N) is 3. The molecular weight excluding hydrogens is 286 g/mol. The minimum Gasteiger partial charge on any atom is -0.466 e. The molecule has 7 nitrogen and oxygen atoms in total. The second-order valence-electron chi connectivity index (χ2n) is 5.22. The third kappa shape index (κ3) is 2.77. The first-order chi connectivity index (χ1) is 10.6. The Bertz CT molecular complexity index is 735. The van der Waals surface area contributed by atoms with E-state index in [1.54, 1.807) is 6.07 Å². The van der Waals surface area contributed by atoms with Gasteiger partial charge in [0.05, 0.1) is 24.6 Å². The van der Waals surface area contributed by atoms with Gasteiger partial charge < -0.3 is 14.3 Å². The van der Waals surface area contributed by atoms with Crippen LogP contribution in [0, 0.1) is 6.92 Å². The predicted molar refractivity (Wildman–Crippen MR) is 81.1 cm³/mol. The first kappa shape index (κ1) is 14.8. The molecule has 1 aromatic heterocycles. The maximum atomic E-state index is 12.0. The van der Waals surface area contributed by atoms with Crippen molar-refractivity contribution in [2.75, 3.05) is 33.9 Å². The molecule has 7 heteroatoms. The van der Waals surface area contributed by atoms with E-state index in [-0.39, 0.29) is 11.6 Å². The van der Waals surface area contributed by atoms with Gasteiger partial charge in [-0.15, -0.1) is 0 Å². The molecule has 1 aromatic carbocycles. The molecule has 118 valence electrons. The number of hydrogen-bond acceptors (Lipinski definition) is 6. The monoisotopic (exact) mass is 305 g/mol. The first-order valence-electron chi connectivity index (χ1n) is 7.11. The SMILES string of the molecule is C1CN2CC2O1.COc1nc2cc(C)ccc2c(=O)n1OC. The van der Waals surface area contributed by atoms with E-state index in [4.69, 9.17) is 14.3 Å². The lowest BCUT2D eigenvalue weighted by Crippen LogP contribution is -2.27. The average molecular weight is 305 g/mol. The van der Waals surface area contributed by atoms with Gasteiger partial charge in [-0.2, -0.15) is 4.98 Å². The molecule has 0 spiro atoms. The van der Waals surface area contributed by atoms with E-state index in [1.165, 1.54) is 27.3 Å². The molecule has 2 unspecified atom stereocenters. The van der Waals surface area contributed by atoms with Gasteiger partial charge in [-0.1, -0.05) is 10.8 Å². The van der Waals surface area contributed by atoms with Gasteiger partial charge in [-0.25, -0.2) is 0 Å². The smallest absolute Gasteiger partial charge is 0.334 e. The zero-order chi connectivity index (χ0) is 15.7. The first-order valence-corrected chi connectivity index (χ1v) is 7.11. The van der Waals surface area contributed by atoms with E-state index >= 15 is 0 Å². The summed E-state index contributed by atoms with van der Waals surface area (Å²) in [5, 5.41) is 0.508. The lowest BCUT2D eigenvalue weighted by molar-refractivity contribution is 0.124. The molecule has 0 bridgehead atoms. The van der Waals surface area contributed by atoms with Gasteiger partial charge >= 0.3 is 6.01 Å². The molecule has 2 aliphatic heterocycles. The molecule has 22 heavy (non-hydrogen) atoms. The molecule has 2 fully saturated rings. The predicted octanol–water partition coefficient (Wildman–Crippen LogP) is 0.430. The fourth-order valence-electron chi connectivity index (χ4n) is 2.40. The lowest BCUT2D eigenvalue weighted by atomic mass is 10.2. The molecule has 4 rings (SSSR count). The van der Waals surface area contributed by atoms with E-state index in [9.17, 15) is 4.79 Å². The third-order valence-corrected chi connectivity index (χ3v) is 3.68. The molecule has 3 heterocycles. The minimum atomic E-state index is -0.274. The second-order valence-corrected chi connectivity index (χ2v) is 5.22. The summed E-state index contributed by atoms with van der Waals surface area (Å²) < 4.78 is 11.2. The van der Waals surface area contributed by atoms with E-state index in [0.717, 1.165) is 16.9 Å². The van der Waals surface area contributed by atoms with Crippen LogP contribution in [-0.2, 0) is 4.74 Å². The van der Waals surface area contributed by atoms with Crippen molar-refractivity contribution in [2.45, 2.75) is 13.2 Å². The van der Waals surface area contributed by atoms with Crippen molar-refractivity contribution in [1.82, 2.24) is 14.6 Å². The summed E-state index contributed by atoms with van der Waals surface area (Å²) >= 11 is 0. The molecule has 0 aliphatic carbocycles. The van der Waals surface area contributed by atoms with E-state index in [0.29, 0.717) is 17.1 Å². The Labute approximate surface area is 128 Å². The highest BCUT2D eigenvalue weighted by Gasteiger charge is 2.39. The number of fused-ring (bicyclic) bond motifs is 2. The maximum Gasteiger partial charge on any atom is 0.334 e. The molecule has 0 amide bonds. The Hall–Kier alpha value is -2.12. The van der Waals surface area contributed by atoms with Crippen LogP contribution in [-0.4, -0.2) is 54.8 Å². The van der Waals surface area contributed by atoms with Crippen molar-refractivity contribution >= 4 is 10.9 Å². The Kier molecular flexibility index (Phi) is 4.00. The summed E-state index contributed by atoms with van der Waals surface area (Å²) in [6.45, 7) is 5.27.